The lowest BCUT2D eigenvalue weighted by molar-refractivity contribution is -0.384. The topological polar surface area (TPSA) is 102 Å². The minimum Gasteiger partial charge on any atom is -0.484 e. The Hall–Kier alpha value is -2.15. The summed E-state index contributed by atoms with van der Waals surface area (Å²) in [6, 6.07) is 5.51. The number of nitrogens with one attached hydrogen (secondary N) is 1. The number of nitro groups is 1. The van der Waals surface area contributed by atoms with Crippen molar-refractivity contribution in [1.29, 1.82) is 0 Å². The number of amides is 1. The molecule has 2 N–H and O–H groups in total. The molecule has 0 saturated heterocycles. The van der Waals surface area contributed by atoms with Crippen LogP contribution in [-0.2, 0) is 4.79 Å². The van der Waals surface area contributed by atoms with E-state index in [0.717, 1.165) is 12.8 Å². The van der Waals surface area contributed by atoms with Crippen LogP contribution < -0.4 is 10.1 Å². The normalized spacial score (nSPS) is 16.4. The molecule has 0 aromatic heterocycles. The van der Waals surface area contributed by atoms with Gasteiger partial charge in [0.05, 0.1) is 10.5 Å². The molecule has 1 aromatic carbocycles. The summed E-state index contributed by atoms with van der Waals surface area (Å²) in [6.45, 7) is 0.0450. The van der Waals surface area contributed by atoms with E-state index >= 15 is 0 Å². The van der Waals surface area contributed by atoms with Crippen molar-refractivity contribution >= 4 is 11.6 Å². The van der Waals surface area contributed by atoms with E-state index in [0.29, 0.717) is 18.6 Å². The van der Waals surface area contributed by atoms with E-state index in [1.54, 1.807) is 0 Å². The Labute approximate surface area is 122 Å². The summed E-state index contributed by atoms with van der Waals surface area (Å²) in [7, 11) is 0. The molecule has 1 aliphatic carbocycles. The van der Waals surface area contributed by atoms with Gasteiger partial charge < -0.3 is 15.2 Å². The van der Waals surface area contributed by atoms with E-state index in [4.69, 9.17) is 4.74 Å². The summed E-state index contributed by atoms with van der Waals surface area (Å²) in [6.07, 6.45) is 3.37. The van der Waals surface area contributed by atoms with E-state index in [9.17, 15) is 20.0 Å². The minimum absolute atomic E-state index is 0.0322. The number of ether oxygens (including phenoxy) is 1. The highest BCUT2D eigenvalue weighted by molar-refractivity contribution is 5.77. The molecule has 1 aliphatic rings. The molecule has 1 saturated carbocycles. The number of benzene rings is 1. The molecule has 2 rings (SSSR count). The third-order valence-electron chi connectivity index (χ3n) is 3.57. The maximum atomic E-state index is 11.6. The summed E-state index contributed by atoms with van der Waals surface area (Å²) >= 11 is 0. The van der Waals surface area contributed by atoms with E-state index in [1.165, 1.54) is 24.3 Å². The number of carbonyl (C=O) groups excluding carboxylic acids is 1. The molecule has 0 spiro atoms. The van der Waals surface area contributed by atoms with Crippen molar-refractivity contribution in [2.24, 2.45) is 0 Å². The minimum atomic E-state index is -0.789. The monoisotopic (exact) mass is 294 g/mol. The fraction of sp³-hybridized carbons (Fsp3) is 0.500. The van der Waals surface area contributed by atoms with Crippen LogP contribution in [0.4, 0.5) is 5.69 Å². The van der Waals surface area contributed by atoms with Gasteiger partial charge in [0.15, 0.2) is 6.61 Å². The second-order valence-corrected chi connectivity index (χ2v) is 5.25. The fourth-order valence-corrected chi connectivity index (χ4v) is 2.34. The zero-order valence-corrected chi connectivity index (χ0v) is 11.6. The van der Waals surface area contributed by atoms with Gasteiger partial charge in [-0.25, -0.2) is 0 Å². The highest BCUT2D eigenvalue weighted by Crippen LogP contribution is 2.28. The predicted molar refractivity (Wildman–Crippen MR) is 75.0 cm³/mol. The molecule has 0 bridgehead atoms. The zero-order chi connectivity index (χ0) is 15.3. The second kappa shape index (κ2) is 6.53. The number of aliphatic hydroxyl groups is 1. The molecule has 0 aliphatic heterocycles. The molecule has 0 atom stereocenters. The van der Waals surface area contributed by atoms with Crippen molar-refractivity contribution in [3.05, 3.63) is 34.4 Å². The van der Waals surface area contributed by atoms with Crippen LogP contribution in [0.5, 0.6) is 5.75 Å². The molecular weight excluding hydrogens is 276 g/mol. The first-order valence-electron chi connectivity index (χ1n) is 6.85. The van der Waals surface area contributed by atoms with E-state index < -0.39 is 10.5 Å². The first-order valence-corrected chi connectivity index (χ1v) is 6.85. The number of hydrogen-bond donors (Lipinski definition) is 2. The van der Waals surface area contributed by atoms with Crippen LogP contribution >= 0.6 is 0 Å². The summed E-state index contributed by atoms with van der Waals surface area (Å²) in [5, 5.41) is 23.2. The average molecular weight is 294 g/mol. The molecule has 114 valence electrons. The van der Waals surface area contributed by atoms with Crippen LogP contribution in [0.15, 0.2) is 24.3 Å². The molecular formula is C14H18N2O5. The van der Waals surface area contributed by atoms with Gasteiger partial charge in [0, 0.05) is 18.7 Å². The maximum absolute atomic E-state index is 11.6. The van der Waals surface area contributed by atoms with Gasteiger partial charge >= 0.3 is 0 Å². The Balaban J connectivity index is 1.74. The molecule has 1 aromatic rings. The Morgan fingerprint density at radius 3 is 2.52 bits per heavy atom. The lowest BCUT2D eigenvalue weighted by Gasteiger charge is -2.22. The van der Waals surface area contributed by atoms with Crippen molar-refractivity contribution in [2.45, 2.75) is 31.3 Å². The summed E-state index contributed by atoms with van der Waals surface area (Å²) in [5.74, 6) is 0.0593. The third-order valence-corrected chi connectivity index (χ3v) is 3.57. The molecule has 0 radical (unpaired) electrons. The highest BCUT2D eigenvalue weighted by Gasteiger charge is 2.31. The number of carbonyl (C=O) groups is 1. The Morgan fingerprint density at radius 1 is 1.33 bits per heavy atom. The standard InChI is InChI=1S/C14H18N2O5/c17-13(15-10-14(18)7-1-2-8-14)9-21-12-5-3-11(4-6-12)16(19)20/h3-6,18H,1-2,7-10H2,(H,15,17). The van der Waals surface area contributed by atoms with Gasteiger partial charge in [0.1, 0.15) is 5.75 Å². The maximum Gasteiger partial charge on any atom is 0.269 e. The van der Waals surface area contributed by atoms with E-state index in [2.05, 4.69) is 5.32 Å². The van der Waals surface area contributed by atoms with Crippen LogP contribution in [0.3, 0.4) is 0 Å². The van der Waals surface area contributed by atoms with Crippen LogP contribution in [-0.4, -0.2) is 34.7 Å². The smallest absolute Gasteiger partial charge is 0.269 e. The van der Waals surface area contributed by atoms with Gasteiger partial charge in [-0.05, 0) is 25.0 Å². The van der Waals surface area contributed by atoms with Gasteiger partial charge in [0.25, 0.3) is 11.6 Å². The summed E-state index contributed by atoms with van der Waals surface area (Å²) < 4.78 is 5.23. The zero-order valence-electron chi connectivity index (χ0n) is 11.6. The molecule has 7 nitrogen and oxygen atoms in total. The van der Waals surface area contributed by atoms with Crippen LogP contribution in [0.1, 0.15) is 25.7 Å². The number of rotatable bonds is 6. The van der Waals surface area contributed by atoms with Gasteiger partial charge in [-0.3, -0.25) is 14.9 Å². The molecule has 0 heterocycles. The second-order valence-electron chi connectivity index (χ2n) is 5.25. The lowest BCUT2D eigenvalue weighted by Crippen LogP contribution is -2.42. The quantitative estimate of drug-likeness (QED) is 0.610. The van der Waals surface area contributed by atoms with Gasteiger partial charge in [-0.15, -0.1) is 0 Å². The van der Waals surface area contributed by atoms with Crippen LogP contribution in [0.2, 0.25) is 0 Å². The number of hydrogen-bond acceptors (Lipinski definition) is 5. The Morgan fingerprint density at radius 2 is 1.95 bits per heavy atom. The van der Waals surface area contributed by atoms with Crippen LogP contribution in [0.25, 0.3) is 0 Å². The molecule has 21 heavy (non-hydrogen) atoms. The fourth-order valence-electron chi connectivity index (χ4n) is 2.34. The van der Waals surface area contributed by atoms with Gasteiger partial charge in [-0.2, -0.15) is 0 Å². The lowest BCUT2D eigenvalue weighted by atomic mass is 10.0. The molecule has 7 heteroatoms. The van der Waals surface area contributed by atoms with E-state index in [-0.39, 0.29) is 24.7 Å². The Bertz CT molecular complexity index is 509. The van der Waals surface area contributed by atoms with Crippen molar-refractivity contribution in [2.75, 3.05) is 13.2 Å². The molecule has 1 fully saturated rings. The van der Waals surface area contributed by atoms with E-state index in [1.807, 2.05) is 0 Å². The number of nitro benzene ring substituents is 1. The Kier molecular flexibility index (Phi) is 4.74. The molecule has 1 amide bonds. The van der Waals surface area contributed by atoms with Crippen molar-refractivity contribution in [1.82, 2.24) is 5.32 Å². The first-order chi connectivity index (χ1) is 9.98. The van der Waals surface area contributed by atoms with Crippen molar-refractivity contribution < 1.29 is 19.6 Å². The average Bonchev–Trinajstić information content (AvgIpc) is 2.91. The van der Waals surface area contributed by atoms with Crippen LogP contribution in [0, 0.1) is 10.1 Å². The highest BCUT2D eigenvalue weighted by atomic mass is 16.6. The predicted octanol–water partition coefficient (Wildman–Crippen LogP) is 1.39. The number of nitrogens with zero attached hydrogens (tertiary/aromatic N) is 1. The van der Waals surface area contributed by atoms with Gasteiger partial charge in [-0.1, -0.05) is 12.8 Å². The first kappa shape index (κ1) is 15.2. The third kappa shape index (κ3) is 4.42. The number of non-ortho nitro benzene ring substituents is 1. The molecule has 0 unspecified atom stereocenters. The van der Waals surface area contributed by atoms with Crippen molar-refractivity contribution in [3.63, 3.8) is 0 Å². The SMILES string of the molecule is O=C(COc1ccc([N+](=O)[O-])cc1)NCC1(O)CCCC1. The van der Waals surface area contributed by atoms with Crippen molar-refractivity contribution in [3.8, 4) is 5.75 Å². The van der Waals surface area contributed by atoms with Gasteiger partial charge in [0.2, 0.25) is 0 Å². The summed E-state index contributed by atoms with van der Waals surface area (Å²) in [4.78, 5) is 21.6. The summed E-state index contributed by atoms with van der Waals surface area (Å²) in [5.41, 5.74) is -0.821. The largest absolute Gasteiger partial charge is 0.484 e.